The molecule has 1 rings (SSSR count). The number of carbonyl (C=O) groups excluding carboxylic acids is 1. The van der Waals surface area contributed by atoms with Crippen LogP contribution in [0, 0.1) is 5.41 Å². The third kappa shape index (κ3) is 5.72. The van der Waals surface area contributed by atoms with Crippen LogP contribution in [-0.4, -0.2) is 47.9 Å². The van der Waals surface area contributed by atoms with E-state index in [-0.39, 0.29) is 12.1 Å². The fraction of sp³-hybridized carbons (Fsp3) is 0.769. The molecule has 0 saturated carbocycles. The number of carbonyl (C=O) groups is 1. The Morgan fingerprint density at radius 3 is 2.79 bits per heavy atom. The van der Waals surface area contributed by atoms with Crippen LogP contribution in [0.25, 0.3) is 0 Å². The van der Waals surface area contributed by atoms with Crippen molar-refractivity contribution in [3.8, 4) is 0 Å². The number of aliphatic imine (C=N–C) groups is 1. The SMILES string of the molecule is C/C(=N\C=N)N[C@@H]1CCCN(C(=O)OC(C)(C)C)C1. The number of piperidine rings is 1. The summed E-state index contributed by atoms with van der Waals surface area (Å²) in [5.41, 5.74) is -0.463. The Labute approximate surface area is 114 Å². The second-order valence-corrected chi connectivity index (χ2v) is 5.75. The van der Waals surface area contributed by atoms with Gasteiger partial charge in [0.25, 0.3) is 0 Å². The van der Waals surface area contributed by atoms with Crippen LogP contribution in [-0.2, 0) is 4.74 Å². The molecule has 0 unspecified atom stereocenters. The van der Waals surface area contributed by atoms with Crippen LogP contribution in [0.3, 0.4) is 0 Å². The lowest BCUT2D eigenvalue weighted by Gasteiger charge is -2.34. The Balaban J connectivity index is 2.52. The van der Waals surface area contributed by atoms with Crippen LogP contribution in [0.4, 0.5) is 4.79 Å². The van der Waals surface area contributed by atoms with Crippen LogP contribution in [0.1, 0.15) is 40.5 Å². The van der Waals surface area contributed by atoms with Gasteiger partial charge >= 0.3 is 6.09 Å². The number of amidine groups is 1. The molecule has 1 aliphatic rings. The van der Waals surface area contributed by atoms with E-state index in [4.69, 9.17) is 10.1 Å². The molecule has 6 heteroatoms. The maximum Gasteiger partial charge on any atom is 0.410 e. The molecule has 108 valence electrons. The van der Waals surface area contributed by atoms with Gasteiger partial charge < -0.3 is 15.0 Å². The molecular weight excluding hydrogens is 244 g/mol. The van der Waals surface area contributed by atoms with Crippen LogP contribution >= 0.6 is 0 Å². The zero-order chi connectivity index (χ0) is 14.5. The van der Waals surface area contributed by atoms with Crippen molar-refractivity contribution in [1.82, 2.24) is 10.2 Å². The molecule has 6 nitrogen and oxygen atoms in total. The van der Waals surface area contributed by atoms with Crippen molar-refractivity contribution < 1.29 is 9.53 Å². The lowest BCUT2D eigenvalue weighted by atomic mass is 10.1. The van der Waals surface area contributed by atoms with E-state index in [9.17, 15) is 4.79 Å². The van der Waals surface area contributed by atoms with Crippen LogP contribution in [0.5, 0.6) is 0 Å². The second kappa shape index (κ2) is 6.54. The van der Waals surface area contributed by atoms with E-state index in [1.807, 2.05) is 27.7 Å². The zero-order valence-corrected chi connectivity index (χ0v) is 12.2. The highest BCUT2D eigenvalue weighted by Crippen LogP contribution is 2.15. The van der Waals surface area contributed by atoms with Crippen LogP contribution in [0.15, 0.2) is 4.99 Å². The molecule has 0 spiro atoms. The van der Waals surface area contributed by atoms with Gasteiger partial charge in [0.1, 0.15) is 17.8 Å². The van der Waals surface area contributed by atoms with Gasteiger partial charge in [-0.15, -0.1) is 0 Å². The molecule has 0 aromatic carbocycles. The summed E-state index contributed by atoms with van der Waals surface area (Å²) in [6, 6.07) is 0.171. The highest BCUT2D eigenvalue weighted by Gasteiger charge is 2.27. The smallest absolute Gasteiger partial charge is 0.410 e. The summed E-state index contributed by atoms with van der Waals surface area (Å²) in [4.78, 5) is 17.6. The molecule has 1 saturated heterocycles. The molecule has 1 heterocycles. The fourth-order valence-corrected chi connectivity index (χ4v) is 2.02. The van der Waals surface area contributed by atoms with Gasteiger partial charge in [-0.2, -0.15) is 0 Å². The largest absolute Gasteiger partial charge is 0.444 e. The monoisotopic (exact) mass is 268 g/mol. The highest BCUT2D eigenvalue weighted by molar-refractivity contribution is 5.86. The molecule has 19 heavy (non-hydrogen) atoms. The van der Waals surface area contributed by atoms with Gasteiger partial charge in [-0.25, -0.2) is 9.79 Å². The Kier molecular flexibility index (Phi) is 5.32. The van der Waals surface area contributed by atoms with Crippen molar-refractivity contribution >= 4 is 18.3 Å². The van der Waals surface area contributed by atoms with E-state index in [0.717, 1.165) is 25.7 Å². The topological polar surface area (TPSA) is 77.8 Å². The van der Waals surface area contributed by atoms with Crippen molar-refractivity contribution in [3.63, 3.8) is 0 Å². The van der Waals surface area contributed by atoms with Crippen LogP contribution < -0.4 is 5.32 Å². The molecule has 0 aliphatic carbocycles. The van der Waals surface area contributed by atoms with Crippen LogP contribution in [0.2, 0.25) is 0 Å². The summed E-state index contributed by atoms with van der Waals surface area (Å²) in [5, 5.41) is 10.1. The molecule has 2 N–H and O–H groups in total. The number of rotatable bonds is 2. The lowest BCUT2D eigenvalue weighted by Crippen LogP contribution is -2.50. The highest BCUT2D eigenvalue weighted by atomic mass is 16.6. The molecule has 1 aliphatic heterocycles. The first kappa shape index (κ1) is 15.5. The van der Waals surface area contributed by atoms with Gasteiger partial charge in [-0.3, -0.25) is 5.41 Å². The molecular formula is C13H24N4O2. The summed E-state index contributed by atoms with van der Waals surface area (Å²) >= 11 is 0. The molecule has 1 atom stereocenters. The number of nitrogens with one attached hydrogen (secondary N) is 2. The molecule has 0 bridgehead atoms. The van der Waals surface area contributed by atoms with Crippen molar-refractivity contribution in [3.05, 3.63) is 0 Å². The Morgan fingerprint density at radius 2 is 2.21 bits per heavy atom. The minimum Gasteiger partial charge on any atom is -0.444 e. The van der Waals surface area contributed by atoms with E-state index in [1.54, 1.807) is 4.90 Å². The lowest BCUT2D eigenvalue weighted by molar-refractivity contribution is 0.0194. The number of likely N-dealkylation sites (tertiary alicyclic amines) is 1. The van der Waals surface area contributed by atoms with Gasteiger partial charge in [0.05, 0.1) is 0 Å². The minimum absolute atomic E-state index is 0.171. The van der Waals surface area contributed by atoms with Crippen molar-refractivity contribution in [2.24, 2.45) is 4.99 Å². The Hall–Kier alpha value is -1.59. The third-order valence-electron chi connectivity index (χ3n) is 2.74. The molecule has 1 amide bonds. The number of hydrogen-bond acceptors (Lipinski definition) is 3. The van der Waals surface area contributed by atoms with E-state index in [0.29, 0.717) is 12.4 Å². The number of hydrogen-bond donors (Lipinski definition) is 2. The molecule has 0 aromatic rings. The van der Waals surface area contributed by atoms with E-state index >= 15 is 0 Å². The van der Waals surface area contributed by atoms with E-state index in [1.165, 1.54) is 0 Å². The molecule has 0 aromatic heterocycles. The first-order valence-electron chi connectivity index (χ1n) is 6.59. The Bertz CT molecular complexity index is 360. The van der Waals surface area contributed by atoms with Crippen molar-refractivity contribution in [2.45, 2.75) is 52.2 Å². The average Bonchev–Trinajstić information content (AvgIpc) is 2.27. The summed E-state index contributed by atoms with van der Waals surface area (Å²) < 4.78 is 5.37. The fourth-order valence-electron chi connectivity index (χ4n) is 2.02. The molecule has 0 radical (unpaired) electrons. The number of nitrogens with zero attached hydrogens (tertiary/aromatic N) is 2. The zero-order valence-electron chi connectivity index (χ0n) is 12.2. The number of amides is 1. The molecule has 1 fully saturated rings. The summed E-state index contributed by atoms with van der Waals surface area (Å²) in [5.74, 6) is 0.700. The van der Waals surface area contributed by atoms with E-state index in [2.05, 4.69) is 10.3 Å². The summed E-state index contributed by atoms with van der Waals surface area (Å²) in [6.07, 6.45) is 2.68. The van der Waals surface area contributed by atoms with Gasteiger partial charge in [0, 0.05) is 19.1 Å². The van der Waals surface area contributed by atoms with E-state index < -0.39 is 5.60 Å². The Morgan fingerprint density at radius 1 is 1.53 bits per heavy atom. The minimum atomic E-state index is -0.463. The van der Waals surface area contributed by atoms with Crippen molar-refractivity contribution in [1.29, 1.82) is 5.41 Å². The predicted octanol–water partition coefficient (Wildman–Crippen LogP) is 2.00. The first-order valence-corrected chi connectivity index (χ1v) is 6.59. The second-order valence-electron chi connectivity index (χ2n) is 5.75. The average molecular weight is 268 g/mol. The summed E-state index contributed by atoms with van der Waals surface area (Å²) in [7, 11) is 0. The maximum atomic E-state index is 12.0. The standard InChI is InChI=1S/C13H24N4O2/c1-10(15-9-14)16-11-6-5-7-17(8-11)12(18)19-13(2,3)4/h9,11H,5-8H2,1-4H3,(H2,14,15,16)/t11-/m1/s1. The summed E-state index contributed by atoms with van der Waals surface area (Å²) in [6.45, 7) is 8.76. The quantitative estimate of drug-likeness (QED) is 0.594. The van der Waals surface area contributed by atoms with Gasteiger partial charge in [-0.05, 0) is 40.5 Å². The normalized spacial score (nSPS) is 20.9. The predicted molar refractivity (Wildman–Crippen MR) is 75.9 cm³/mol. The maximum absolute atomic E-state index is 12.0. The van der Waals surface area contributed by atoms with Crippen molar-refractivity contribution in [2.75, 3.05) is 13.1 Å². The van der Waals surface area contributed by atoms with Gasteiger partial charge in [-0.1, -0.05) is 0 Å². The third-order valence-corrected chi connectivity index (χ3v) is 2.74. The van der Waals surface area contributed by atoms with Gasteiger partial charge in [0.2, 0.25) is 0 Å². The number of ether oxygens (including phenoxy) is 1. The van der Waals surface area contributed by atoms with Gasteiger partial charge in [0.15, 0.2) is 0 Å². The first-order chi connectivity index (χ1) is 8.81.